The third-order valence-electron chi connectivity index (χ3n) is 4.31. The fourth-order valence-electron chi connectivity index (χ4n) is 3.31. The SMILES string of the molecule is CC(NC1CCCCC1C(C)(C)C)c1cccs1. The van der Waals surface area contributed by atoms with Crippen LogP contribution in [0.1, 0.15) is 64.3 Å². The molecule has 0 aliphatic heterocycles. The molecule has 1 fully saturated rings. The second-order valence-electron chi connectivity index (χ2n) is 6.77. The topological polar surface area (TPSA) is 12.0 Å². The molecule has 1 aliphatic carbocycles. The summed E-state index contributed by atoms with van der Waals surface area (Å²) in [6.45, 7) is 9.49. The molecule has 0 radical (unpaired) electrons. The maximum absolute atomic E-state index is 3.89. The first-order valence-corrected chi connectivity index (χ1v) is 8.16. The van der Waals surface area contributed by atoms with Crippen LogP contribution in [0.15, 0.2) is 17.5 Å². The average Bonchev–Trinajstić information content (AvgIpc) is 2.81. The van der Waals surface area contributed by atoms with Crippen molar-refractivity contribution in [2.24, 2.45) is 11.3 Å². The van der Waals surface area contributed by atoms with Gasteiger partial charge in [-0.3, -0.25) is 0 Å². The highest BCUT2D eigenvalue weighted by Gasteiger charge is 2.34. The highest BCUT2D eigenvalue weighted by Crippen LogP contribution is 2.39. The standard InChI is InChI=1S/C16H27NS/c1-12(15-10-7-11-18-15)17-14-9-6-5-8-13(14)16(2,3)4/h7,10-14,17H,5-6,8-9H2,1-4H3. The van der Waals surface area contributed by atoms with Crippen molar-refractivity contribution < 1.29 is 0 Å². The second kappa shape index (κ2) is 5.75. The number of rotatable bonds is 3. The lowest BCUT2D eigenvalue weighted by Crippen LogP contribution is -2.45. The smallest absolute Gasteiger partial charge is 0.0388 e. The van der Waals surface area contributed by atoms with Crippen molar-refractivity contribution in [3.05, 3.63) is 22.4 Å². The minimum absolute atomic E-state index is 0.424. The average molecular weight is 265 g/mol. The van der Waals surface area contributed by atoms with Crippen molar-refractivity contribution in [2.45, 2.75) is 65.5 Å². The van der Waals surface area contributed by atoms with Gasteiger partial charge in [0.2, 0.25) is 0 Å². The van der Waals surface area contributed by atoms with E-state index >= 15 is 0 Å². The molecular formula is C16H27NS. The Bertz CT molecular complexity index is 350. The Kier molecular flexibility index (Phi) is 4.50. The van der Waals surface area contributed by atoms with Crippen molar-refractivity contribution in [3.8, 4) is 0 Å². The van der Waals surface area contributed by atoms with Crippen molar-refractivity contribution >= 4 is 11.3 Å². The van der Waals surface area contributed by atoms with E-state index in [1.165, 1.54) is 30.6 Å². The van der Waals surface area contributed by atoms with Crippen LogP contribution in [0, 0.1) is 11.3 Å². The zero-order chi connectivity index (χ0) is 13.2. The highest BCUT2D eigenvalue weighted by molar-refractivity contribution is 7.10. The Balaban J connectivity index is 2.01. The molecule has 1 heterocycles. The van der Waals surface area contributed by atoms with E-state index in [9.17, 15) is 0 Å². The lowest BCUT2D eigenvalue weighted by Gasteiger charge is -2.42. The Labute approximate surface area is 116 Å². The molecule has 3 atom stereocenters. The third-order valence-corrected chi connectivity index (χ3v) is 5.37. The third kappa shape index (κ3) is 3.36. The van der Waals surface area contributed by atoms with Crippen LogP contribution in [0.3, 0.4) is 0 Å². The van der Waals surface area contributed by atoms with E-state index in [-0.39, 0.29) is 0 Å². The lowest BCUT2D eigenvalue weighted by molar-refractivity contribution is 0.125. The van der Waals surface area contributed by atoms with Crippen LogP contribution < -0.4 is 5.32 Å². The number of thiophene rings is 1. The van der Waals surface area contributed by atoms with E-state index < -0.39 is 0 Å². The van der Waals surface area contributed by atoms with Crippen LogP contribution in [-0.2, 0) is 0 Å². The summed E-state index contributed by atoms with van der Waals surface area (Å²) in [4.78, 5) is 1.47. The van der Waals surface area contributed by atoms with Crippen LogP contribution >= 0.6 is 11.3 Å². The normalized spacial score (nSPS) is 27.1. The predicted molar refractivity (Wildman–Crippen MR) is 81.1 cm³/mol. The summed E-state index contributed by atoms with van der Waals surface area (Å²) in [6, 6.07) is 5.59. The van der Waals surface area contributed by atoms with Gasteiger partial charge in [0.05, 0.1) is 0 Å². The van der Waals surface area contributed by atoms with E-state index in [1.54, 1.807) is 0 Å². The monoisotopic (exact) mass is 265 g/mol. The molecular weight excluding hydrogens is 238 g/mol. The minimum atomic E-state index is 0.424. The van der Waals surface area contributed by atoms with E-state index in [0.717, 1.165) is 5.92 Å². The molecule has 1 saturated carbocycles. The molecule has 102 valence electrons. The van der Waals surface area contributed by atoms with Gasteiger partial charge in [-0.1, -0.05) is 39.7 Å². The molecule has 0 amide bonds. The largest absolute Gasteiger partial charge is 0.306 e. The van der Waals surface area contributed by atoms with Crippen molar-refractivity contribution in [1.29, 1.82) is 0 Å². The van der Waals surface area contributed by atoms with Gasteiger partial charge in [-0.05, 0) is 42.5 Å². The van der Waals surface area contributed by atoms with Gasteiger partial charge in [-0.25, -0.2) is 0 Å². The summed E-state index contributed by atoms with van der Waals surface area (Å²) in [5.41, 5.74) is 0.424. The molecule has 1 N–H and O–H groups in total. The van der Waals surface area contributed by atoms with Gasteiger partial charge < -0.3 is 5.32 Å². The van der Waals surface area contributed by atoms with E-state index in [1.807, 2.05) is 11.3 Å². The number of nitrogens with one attached hydrogen (secondary N) is 1. The summed E-state index contributed by atoms with van der Waals surface area (Å²) in [5.74, 6) is 0.814. The first-order valence-electron chi connectivity index (χ1n) is 7.28. The van der Waals surface area contributed by atoms with E-state index in [0.29, 0.717) is 17.5 Å². The van der Waals surface area contributed by atoms with Crippen LogP contribution in [-0.4, -0.2) is 6.04 Å². The Hall–Kier alpha value is -0.340. The summed E-state index contributed by atoms with van der Waals surface area (Å²) < 4.78 is 0. The lowest BCUT2D eigenvalue weighted by atomic mass is 9.69. The molecule has 1 aromatic heterocycles. The first-order chi connectivity index (χ1) is 8.48. The van der Waals surface area contributed by atoms with Crippen LogP contribution in [0.25, 0.3) is 0 Å². The molecule has 18 heavy (non-hydrogen) atoms. The molecule has 2 rings (SSSR count). The maximum Gasteiger partial charge on any atom is 0.0388 e. The molecule has 0 aromatic carbocycles. The van der Waals surface area contributed by atoms with Gasteiger partial charge in [-0.2, -0.15) is 0 Å². The molecule has 0 spiro atoms. The van der Waals surface area contributed by atoms with Crippen molar-refractivity contribution in [2.75, 3.05) is 0 Å². The quantitative estimate of drug-likeness (QED) is 0.810. The molecule has 3 unspecified atom stereocenters. The summed E-state index contributed by atoms with van der Waals surface area (Å²) >= 11 is 1.87. The molecule has 1 nitrogen and oxygen atoms in total. The fraction of sp³-hybridized carbons (Fsp3) is 0.750. The highest BCUT2D eigenvalue weighted by atomic mass is 32.1. The van der Waals surface area contributed by atoms with Crippen LogP contribution in [0.5, 0.6) is 0 Å². The summed E-state index contributed by atoms with van der Waals surface area (Å²) in [6.07, 6.45) is 5.53. The van der Waals surface area contributed by atoms with Gasteiger partial charge in [-0.15, -0.1) is 11.3 Å². The fourth-order valence-corrected chi connectivity index (χ4v) is 4.05. The maximum atomic E-state index is 3.89. The molecule has 1 aromatic rings. The van der Waals surface area contributed by atoms with Crippen LogP contribution in [0.4, 0.5) is 0 Å². The molecule has 0 bridgehead atoms. The van der Waals surface area contributed by atoms with Gasteiger partial charge >= 0.3 is 0 Å². The molecule has 1 aliphatic rings. The van der Waals surface area contributed by atoms with Gasteiger partial charge in [0, 0.05) is 17.0 Å². The Morgan fingerprint density at radius 2 is 2.00 bits per heavy atom. The Morgan fingerprint density at radius 3 is 2.61 bits per heavy atom. The van der Waals surface area contributed by atoms with Crippen molar-refractivity contribution in [3.63, 3.8) is 0 Å². The van der Waals surface area contributed by atoms with Gasteiger partial charge in [0.1, 0.15) is 0 Å². The van der Waals surface area contributed by atoms with Gasteiger partial charge in [0.15, 0.2) is 0 Å². The number of hydrogen-bond acceptors (Lipinski definition) is 2. The molecule has 0 saturated heterocycles. The first kappa shape index (κ1) is 14.1. The zero-order valence-electron chi connectivity index (χ0n) is 12.2. The Morgan fingerprint density at radius 1 is 1.28 bits per heavy atom. The van der Waals surface area contributed by atoms with Crippen molar-refractivity contribution in [1.82, 2.24) is 5.32 Å². The number of hydrogen-bond donors (Lipinski definition) is 1. The summed E-state index contributed by atoms with van der Waals surface area (Å²) in [7, 11) is 0. The molecule has 2 heteroatoms. The minimum Gasteiger partial charge on any atom is -0.306 e. The van der Waals surface area contributed by atoms with Crippen LogP contribution in [0.2, 0.25) is 0 Å². The summed E-state index contributed by atoms with van der Waals surface area (Å²) in [5, 5.41) is 6.06. The van der Waals surface area contributed by atoms with E-state index in [2.05, 4.69) is 50.5 Å². The van der Waals surface area contributed by atoms with E-state index in [4.69, 9.17) is 0 Å². The zero-order valence-corrected chi connectivity index (χ0v) is 13.0. The van der Waals surface area contributed by atoms with Gasteiger partial charge in [0.25, 0.3) is 0 Å². The predicted octanol–water partition coefficient (Wildman–Crippen LogP) is 5.00. The second-order valence-corrected chi connectivity index (χ2v) is 7.75.